The summed E-state index contributed by atoms with van der Waals surface area (Å²) < 4.78 is 8.27. The summed E-state index contributed by atoms with van der Waals surface area (Å²) in [6.07, 6.45) is 4.61. The van der Waals surface area contributed by atoms with E-state index in [1.807, 2.05) is 12.1 Å². The Hall–Kier alpha value is -3.00. The lowest BCUT2D eigenvalue weighted by Gasteiger charge is -2.23. The molecule has 7 heteroatoms. The van der Waals surface area contributed by atoms with E-state index in [1.165, 1.54) is 31.0 Å². The van der Waals surface area contributed by atoms with Crippen molar-refractivity contribution in [3.63, 3.8) is 0 Å². The molecule has 1 N–H and O–H groups in total. The largest absolute Gasteiger partial charge is 0.497 e. The van der Waals surface area contributed by atoms with Crippen LogP contribution in [0.25, 0.3) is 20.3 Å². The smallest absolute Gasteiger partial charge is 0.262 e. The van der Waals surface area contributed by atoms with E-state index < -0.39 is 0 Å². The van der Waals surface area contributed by atoms with Gasteiger partial charge in [0.15, 0.2) is 0 Å². The number of nitrogens with zero attached hydrogens (tertiary/aromatic N) is 2. The average Bonchev–Trinajstić information content (AvgIpc) is 3.45. The Bertz CT molecular complexity index is 1500. The normalized spacial score (nSPS) is 15.6. The highest BCUT2D eigenvalue weighted by atomic mass is 32.1. The maximum atomic E-state index is 13.4. The number of benzene rings is 2. The minimum Gasteiger partial charge on any atom is -0.497 e. The molecule has 5 nitrogen and oxygen atoms in total. The van der Waals surface area contributed by atoms with Gasteiger partial charge in [0, 0.05) is 27.0 Å². The molecule has 1 aliphatic carbocycles. The van der Waals surface area contributed by atoms with Gasteiger partial charge in [-0.25, -0.2) is 4.98 Å². The molecule has 0 fully saturated rings. The Kier molecular flexibility index (Phi) is 5.69. The molecular formula is C27H25N3O2S2. The zero-order chi connectivity index (χ0) is 23.1. The van der Waals surface area contributed by atoms with Crippen molar-refractivity contribution in [3.05, 3.63) is 92.2 Å². The van der Waals surface area contributed by atoms with Crippen LogP contribution in [0, 0.1) is 0 Å². The predicted molar refractivity (Wildman–Crippen MR) is 140 cm³/mol. The van der Waals surface area contributed by atoms with Crippen molar-refractivity contribution in [1.29, 1.82) is 0 Å². The van der Waals surface area contributed by atoms with Gasteiger partial charge in [0.2, 0.25) is 0 Å². The molecule has 172 valence electrons. The SMILES string of the molecule is COc1ccc(CNC2CCc3c(sc4ncn(Cc5cc6ccccc6s5)c(=O)c34)C2)cc1. The fourth-order valence-corrected chi connectivity index (χ4v) is 7.10. The molecule has 1 atom stereocenters. The Labute approximate surface area is 205 Å². The number of aromatic nitrogens is 2. The van der Waals surface area contributed by atoms with E-state index in [4.69, 9.17) is 4.74 Å². The lowest BCUT2D eigenvalue weighted by Crippen LogP contribution is -2.33. The van der Waals surface area contributed by atoms with Crippen LogP contribution in [0.5, 0.6) is 5.75 Å². The predicted octanol–water partition coefficient (Wildman–Crippen LogP) is 5.38. The molecule has 1 unspecified atom stereocenters. The van der Waals surface area contributed by atoms with Crippen LogP contribution in [0.1, 0.15) is 27.3 Å². The minimum absolute atomic E-state index is 0.0876. The van der Waals surface area contributed by atoms with Crippen LogP contribution in [0.2, 0.25) is 0 Å². The number of rotatable bonds is 6. The second kappa shape index (κ2) is 8.98. The van der Waals surface area contributed by atoms with Crippen LogP contribution in [0.15, 0.2) is 65.7 Å². The summed E-state index contributed by atoms with van der Waals surface area (Å²) in [5.41, 5.74) is 2.55. The molecule has 0 saturated carbocycles. The van der Waals surface area contributed by atoms with E-state index in [0.717, 1.165) is 41.8 Å². The first-order valence-corrected chi connectivity index (χ1v) is 13.1. The third-order valence-corrected chi connectivity index (χ3v) is 8.86. The zero-order valence-electron chi connectivity index (χ0n) is 18.9. The molecule has 0 radical (unpaired) electrons. The summed E-state index contributed by atoms with van der Waals surface area (Å²) in [6, 6.07) is 19.1. The second-order valence-electron chi connectivity index (χ2n) is 8.78. The molecular weight excluding hydrogens is 462 g/mol. The molecule has 3 aromatic heterocycles. The van der Waals surface area contributed by atoms with Crippen molar-refractivity contribution in [2.75, 3.05) is 7.11 Å². The van der Waals surface area contributed by atoms with Gasteiger partial charge in [0.1, 0.15) is 10.6 Å². The fourth-order valence-electron chi connectivity index (χ4n) is 4.78. The maximum Gasteiger partial charge on any atom is 0.262 e. The van der Waals surface area contributed by atoms with E-state index in [2.05, 4.69) is 52.8 Å². The number of thiophene rings is 2. The lowest BCUT2D eigenvalue weighted by atomic mass is 9.93. The Morgan fingerprint density at radius 3 is 2.82 bits per heavy atom. The van der Waals surface area contributed by atoms with Gasteiger partial charge in [-0.15, -0.1) is 22.7 Å². The molecule has 0 aliphatic heterocycles. The molecule has 34 heavy (non-hydrogen) atoms. The van der Waals surface area contributed by atoms with Crippen molar-refractivity contribution >= 4 is 43.0 Å². The topological polar surface area (TPSA) is 56.1 Å². The van der Waals surface area contributed by atoms with Crippen LogP contribution in [-0.2, 0) is 25.9 Å². The van der Waals surface area contributed by atoms with Gasteiger partial charge < -0.3 is 10.1 Å². The standard InChI is InChI=1S/C27H25N3O2S2/c1-32-20-9-6-17(7-10-20)14-28-19-8-11-22-24(13-19)34-26-25(22)27(31)30(16-29-26)15-21-12-18-4-2-3-5-23(18)33-21/h2-7,9-10,12,16,19,28H,8,11,13-15H2,1H3. The first-order valence-electron chi connectivity index (χ1n) is 11.5. The van der Waals surface area contributed by atoms with E-state index in [-0.39, 0.29) is 5.56 Å². The van der Waals surface area contributed by atoms with Gasteiger partial charge in [-0.2, -0.15) is 0 Å². The summed E-state index contributed by atoms with van der Waals surface area (Å²) in [6.45, 7) is 1.40. The van der Waals surface area contributed by atoms with Gasteiger partial charge in [-0.3, -0.25) is 9.36 Å². The number of fused-ring (bicyclic) bond motifs is 4. The van der Waals surface area contributed by atoms with Gasteiger partial charge in [0.25, 0.3) is 5.56 Å². The average molecular weight is 488 g/mol. The van der Waals surface area contributed by atoms with Crippen molar-refractivity contribution in [2.24, 2.45) is 0 Å². The van der Waals surface area contributed by atoms with Gasteiger partial charge in [-0.1, -0.05) is 30.3 Å². The summed E-state index contributed by atoms with van der Waals surface area (Å²) in [7, 11) is 1.69. The fraction of sp³-hybridized carbons (Fsp3) is 0.259. The van der Waals surface area contributed by atoms with Crippen molar-refractivity contribution in [2.45, 2.75) is 38.4 Å². The first kappa shape index (κ1) is 21.5. The van der Waals surface area contributed by atoms with Crippen LogP contribution in [-0.4, -0.2) is 22.7 Å². The molecule has 6 rings (SSSR count). The van der Waals surface area contributed by atoms with Crippen molar-refractivity contribution in [1.82, 2.24) is 14.9 Å². The van der Waals surface area contributed by atoms with Crippen LogP contribution < -0.4 is 15.6 Å². The molecule has 1 aliphatic rings. The van der Waals surface area contributed by atoms with Crippen molar-refractivity contribution in [3.8, 4) is 5.75 Å². The Morgan fingerprint density at radius 1 is 1.15 bits per heavy atom. The highest BCUT2D eigenvalue weighted by Gasteiger charge is 2.25. The van der Waals surface area contributed by atoms with Crippen LogP contribution in [0.3, 0.4) is 0 Å². The van der Waals surface area contributed by atoms with E-state index in [9.17, 15) is 4.79 Å². The monoisotopic (exact) mass is 487 g/mol. The Morgan fingerprint density at radius 2 is 2.00 bits per heavy atom. The number of nitrogens with one attached hydrogen (secondary N) is 1. The van der Waals surface area contributed by atoms with Gasteiger partial charge >= 0.3 is 0 Å². The van der Waals surface area contributed by atoms with Crippen LogP contribution >= 0.6 is 22.7 Å². The molecule has 0 amide bonds. The van der Waals surface area contributed by atoms with Gasteiger partial charge in [0.05, 0.1) is 25.4 Å². The highest BCUT2D eigenvalue weighted by molar-refractivity contribution is 7.19. The molecule has 0 bridgehead atoms. The lowest BCUT2D eigenvalue weighted by molar-refractivity contribution is 0.414. The maximum absolute atomic E-state index is 13.4. The molecule has 3 heterocycles. The number of hydrogen-bond acceptors (Lipinski definition) is 6. The summed E-state index contributed by atoms with van der Waals surface area (Å²) >= 11 is 3.43. The molecule has 0 spiro atoms. The van der Waals surface area contributed by atoms with E-state index in [0.29, 0.717) is 12.6 Å². The van der Waals surface area contributed by atoms with E-state index in [1.54, 1.807) is 40.7 Å². The summed E-state index contributed by atoms with van der Waals surface area (Å²) in [5, 5.41) is 5.75. The third-order valence-electron chi connectivity index (χ3n) is 6.59. The zero-order valence-corrected chi connectivity index (χ0v) is 20.5. The quantitative estimate of drug-likeness (QED) is 0.350. The number of ether oxygens (including phenoxy) is 1. The second-order valence-corrected chi connectivity index (χ2v) is 11.0. The van der Waals surface area contributed by atoms with Crippen LogP contribution in [0.4, 0.5) is 0 Å². The molecule has 0 saturated heterocycles. The molecule has 2 aromatic carbocycles. The van der Waals surface area contributed by atoms with Crippen molar-refractivity contribution < 1.29 is 4.74 Å². The number of hydrogen-bond donors (Lipinski definition) is 1. The number of aryl methyl sites for hydroxylation is 1. The van der Waals surface area contributed by atoms with E-state index >= 15 is 0 Å². The summed E-state index contributed by atoms with van der Waals surface area (Å²) in [5.74, 6) is 0.877. The summed E-state index contributed by atoms with van der Waals surface area (Å²) in [4.78, 5) is 21.5. The van der Waals surface area contributed by atoms with Gasteiger partial charge in [-0.05, 0) is 60.0 Å². The molecule has 5 aromatic rings. The first-order chi connectivity index (χ1) is 16.7. The highest BCUT2D eigenvalue weighted by Crippen LogP contribution is 2.34. The minimum atomic E-state index is 0.0876. The third kappa shape index (κ3) is 4.04. The Balaban J connectivity index is 1.21. The number of methoxy groups -OCH3 is 1.